The molecule has 0 aliphatic carbocycles. The van der Waals surface area contributed by atoms with E-state index >= 15 is 0 Å². The van der Waals surface area contributed by atoms with Gasteiger partial charge in [-0.25, -0.2) is 4.98 Å². The van der Waals surface area contributed by atoms with Crippen LogP contribution in [0.5, 0.6) is 5.75 Å². The lowest BCUT2D eigenvalue weighted by molar-refractivity contribution is -0.136. The minimum atomic E-state index is -0.965. The maximum absolute atomic E-state index is 10.5. The van der Waals surface area contributed by atoms with Crippen molar-refractivity contribution in [1.29, 1.82) is 0 Å². The number of aliphatic carboxylic acids is 1. The zero-order valence-corrected chi connectivity index (χ0v) is 9.21. The van der Waals surface area contributed by atoms with Crippen LogP contribution in [0.2, 0.25) is 0 Å². The fraction of sp³-hybridized carbons (Fsp3) is 0.167. The average molecular weight is 233 g/mol. The molecule has 0 aliphatic rings. The van der Waals surface area contributed by atoms with E-state index < -0.39 is 5.97 Å². The molecule has 0 unspecified atom stereocenters. The van der Waals surface area contributed by atoms with Crippen LogP contribution in [0.3, 0.4) is 0 Å². The van der Waals surface area contributed by atoms with E-state index in [9.17, 15) is 4.79 Å². The molecule has 5 nitrogen and oxygen atoms in total. The highest BCUT2D eigenvalue weighted by atomic mass is 16.5. The summed E-state index contributed by atoms with van der Waals surface area (Å²) in [6, 6.07) is 7.25. The Balaban J connectivity index is 2.21. The standard InChI is InChI=1S/C12H11NO4/c1-16-9-4-2-8(3-5-9)10-7-13-11(17-10)6-12(14)15/h2-5,7H,6H2,1H3,(H,14,15). The molecule has 17 heavy (non-hydrogen) atoms. The SMILES string of the molecule is COc1ccc(-c2cnc(CC(=O)O)o2)cc1. The fourth-order valence-corrected chi connectivity index (χ4v) is 1.41. The Morgan fingerprint density at radius 1 is 1.41 bits per heavy atom. The Morgan fingerprint density at radius 3 is 2.71 bits per heavy atom. The number of aromatic nitrogens is 1. The lowest BCUT2D eigenvalue weighted by atomic mass is 10.2. The van der Waals surface area contributed by atoms with Crippen LogP contribution in [-0.2, 0) is 11.2 Å². The summed E-state index contributed by atoms with van der Waals surface area (Å²) in [5.41, 5.74) is 0.829. The molecule has 1 N–H and O–H groups in total. The lowest BCUT2D eigenvalue weighted by Crippen LogP contribution is -1.99. The Hall–Kier alpha value is -2.30. The molecule has 1 aromatic carbocycles. The first-order valence-corrected chi connectivity index (χ1v) is 5.00. The molecule has 1 aromatic heterocycles. The molecule has 0 aliphatic heterocycles. The van der Waals surface area contributed by atoms with E-state index in [1.807, 2.05) is 12.1 Å². The van der Waals surface area contributed by atoms with Gasteiger partial charge < -0.3 is 14.3 Å². The summed E-state index contributed by atoms with van der Waals surface area (Å²) in [6.07, 6.45) is 1.30. The maximum Gasteiger partial charge on any atom is 0.312 e. The van der Waals surface area contributed by atoms with Crippen molar-refractivity contribution in [2.45, 2.75) is 6.42 Å². The van der Waals surface area contributed by atoms with Gasteiger partial charge in [0, 0.05) is 5.56 Å². The van der Waals surface area contributed by atoms with Crippen LogP contribution < -0.4 is 4.74 Å². The Labute approximate surface area is 97.7 Å². The Bertz CT molecular complexity index is 516. The lowest BCUT2D eigenvalue weighted by Gasteiger charge is -1.99. The summed E-state index contributed by atoms with van der Waals surface area (Å²) in [6.45, 7) is 0. The van der Waals surface area contributed by atoms with Gasteiger partial charge in [0.25, 0.3) is 0 Å². The molecule has 1 heterocycles. The van der Waals surface area contributed by atoms with E-state index in [1.165, 1.54) is 6.20 Å². The molecule has 88 valence electrons. The number of carboxylic acids is 1. The predicted molar refractivity (Wildman–Crippen MR) is 59.8 cm³/mol. The molecule has 0 saturated heterocycles. The van der Waals surface area contributed by atoms with Crippen molar-refractivity contribution in [3.63, 3.8) is 0 Å². The van der Waals surface area contributed by atoms with Crippen LogP contribution >= 0.6 is 0 Å². The van der Waals surface area contributed by atoms with Crippen LogP contribution in [0.25, 0.3) is 11.3 Å². The largest absolute Gasteiger partial charge is 0.497 e. The Kier molecular flexibility index (Phi) is 3.09. The van der Waals surface area contributed by atoms with Crippen molar-refractivity contribution in [3.8, 4) is 17.1 Å². The third-order valence-corrected chi connectivity index (χ3v) is 2.23. The first-order valence-electron chi connectivity index (χ1n) is 5.00. The number of rotatable bonds is 4. The van der Waals surface area contributed by atoms with E-state index in [1.54, 1.807) is 19.2 Å². The summed E-state index contributed by atoms with van der Waals surface area (Å²) in [5.74, 6) is 0.527. The van der Waals surface area contributed by atoms with E-state index in [2.05, 4.69) is 4.98 Å². The number of methoxy groups -OCH3 is 1. The Morgan fingerprint density at radius 2 is 2.12 bits per heavy atom. The molecule has 0 amide bonds. The topological polar surface area (TPSA) is 72.6 Å². The highest BCUT2D eigenvalue weighted by molar-refractivity contribution is 5.69. The molecule has 0 saturated carbocycles. The highest BCUT2D eigenvalue weighted by Crippen LogP contribution is 2.23. The monoisotopic (exact) mass is 233 g/mol. The van der Waals surface area contributed by atoms with Gasteiger partial charge in [0.15, 0.2) is 5.76 Å². The number of hydrogen-bond acceptors (Lipinski definition) is 4. The quantitative estimate of drug-likeness (QED) is 0.874. The molecule has 2 aromatic rings. The third kappa shape index (κ3) is 2.63. The molecular weight excluding hydrogens is 222 g/mol. The number of carbonyl (C=O) groups is 1. The van der Waals surface area contributed by atoms with Gasteiger partial charge in [0.2, 0.25) is 5.89 Å². The number of ether oxygens (including phenoxy) is 1. The number of oxazole rings is 1. The molecule has 2 rings (SSSR count). The van der Waals surface area contributed by atoms with Crippen LogP contribution in [0.4, 0.5) is 0 Å². The zero-order valence-electron chi connectivity index (χ0n) is 9.21. The van der Waals surface area contributed by atoms with Crippen LogP contribution in [0, 0.1) is 0 Å². The van der Waals surface area contributed by atoms with Gasteiger partial charge in [-0.2, -0.15) is 0 Å². The highest BCUT2D eigenvalue weighted by Gasteiger charge is 2.09. The summed E-state index contributed by atoms with van der Waals surface area (Å²) in [4.78, 5) is 14.4. The van der Waals surface area contributed by atoms with Crippen molar-refractivity contribution in [3.05, 3.63) is 36.4 Å². The fourth-order valence-electron chi connectivity index (χ4n) is 1.41. The van der Waals surface area contributed by atoms with E-state index in [0.29, 0.717) is 5.76 Å². The van der Waals surface area contributed by atoms with Crippen LogP contribution in [-0.4, -0.2) is 23.2 Å². The second-order valence-corrected chi connectivity index (χ2v) is 3.42. The van der Waals surface area contributed by atoms with Gasteiger partial charge in [-0.1, -0.05) is 0 Å². The second kappa shape index (κ2) is 4.69. The predicted octanol–water partition coefficient (Wildman–Crippen LogP) is 1.98. The first kappa shape index (κ1) is 11.2. The van der Waals surface area contributed by atoms with Crippen LogP contribution in [0.1, 0.15) is 5.89 Å². The van der Waals surface area contributed by atoms with Crippen molar-refractivity contribution in [2.24, 2.45) is 0 Å². The minimum absolute atomic E-state index is 0.198. The van der Waals surface area contributed by atoms with Gasteiger partial charge in [0.1, 0.15) is 12.2 Å². The van der Waals surface area contributed by atoms with Crippen molar-refractivity contribution >= 4 is 5.97 Å². The van der Waals surface area contributed by atoms with Crippen molar-refractivity contribution in [2.75, 3.05) is 7.11 Å². The number of carboxylic acid groups (broad SMARTS) is 1. The van der Waals surface area contributed by atoms with Gasteiger partial charge in [-0.3, -0.25) is 4.79 Å². The summed E-state index contributed by atoms with van der Waals surface area (Å²) in [5, 5.41) is 8.60. The zero-order chi connectivity index (χ0) is 12.3. The van der Waals surface area contributed by atoms with Gasteiger partial charge in [0.05, 0.1) is 13.3 Å². The molecule has 0 fully saturated rings. The molecule has 5 heteroatoms. The van der Waals surface area contributed by atoms with Gasteiger partial charge >= 0.3 is 5.97 Å². The van der Waals surface area contributed by atoms with Gasteiger partial charge in [-0.15, -0.1) is 0 Å². The smallest absolute Gasteiger partial charge is 0.312 e. The van der Waals surface area contributed by atoms with Gasteiger partial charge in [-0.05, 0) is 24.3 Å². The van der Waals surface area contributed by atoms with Crippen LogP contribution in [0.15, 0.2) is 34.9 Å². The van der Waals surface area contributed by atoms with Crippen molar-refractivity contribution < 1.29 is 19.1 Å². The molecule has 0 radical (unpaired) electrons. The summed E-state index contributed by atoms with van der Waals surface area (Å²) < 4.78 is 10.4. The van der Waals surface area contributed by atoms with E-state index in [-0.39, 0.29) is 12.3 Å². The van der Waals surface area contributed by atoms with E-state index in [4.69, 9.17) is 14.3 Å². The molecule has 0 bridgehead atoms. The molecule has 0 atom stereocenters. The molecular formula is C12H11NO4. The normalized spacial score (nSPS) is 10.2. The maximum atomic E-state index is 10.5. The summed E-state index contributed by atoms with van der Waals surface area (Å²) in [7, 11) is 1.59. The molecule has 0 spiro atoms. The number of benzene rings is 1. The summed E-state index contributed by atoms with van der Waals surface area (Å²) >= 11 is 0. The van der Waals surface area contributed by atoms with Crippen molar-refractivity contribution in [1.82, 2.24) is 4.98 Å². The number of hydrogen-bond donors (Lipinski definition) is 1. The number of nitrogens with zero attached hydrogens (tertiary/aromatic N) is 1. The van der Waals surface area contributed by atoms with E-state index in [0.717, 1.165) is 11.3 Å². The first-order chi connectivity index (χ1) is 8.19. The third-order valence-electron chi connectivity index (χ3n) is 2.23. The second-order valence-electron chi connectivity index (χ2n) is 3.42. The minimum Gasteiger partial charge on any atom is -0.497 e. The average Bonchev–Trinajstić information content (AvgIpc) is 2.77.